The Labute approximate surface area is 145 Å². The molecule has 1 saturated heterocycles. The summed E-state index contributed by atoms with van der Waals surface area (Å²) in [7, 11) is 0. The predicted molar refractivity (Wildman–Crippen MR) is 101 cm³/mol. The zero-order chi connectivity index (χ0) is 16.8. The lowest BCUT2D eigenvalue weighted by Gasteiger charge is -2.26. The number of hydrogen-bond donors (Lipinski definition) is 1. The van der Waals surface area contributed by atoms with Crippen molar-refractivity contribution in [2.24, 2.45) is 0 Å². The molecule has 5 heteroatoms. The van der Waals surface area contributed by atoms with Crippen molar-refractivity contribution < 1.29 is 0 Å². The minimum absolute atomic E-state index is 0.539. The Morgan fingerprint density at radius 2 is 2.00 bits per heavy atom. The van der Waals surface area contributed by atoms with Gasteiger partial charge in [-0.1, -0.05) is 29.5 Å². The molecular formula is C20H19N5. The number of nitrogens with zero attached hydrogens (tertiary/aromatic N) is 4. The third kappa shape index (κ3) is 2.35. The first-order chi connectivity index (χ1) is 12.3. The summed E-state index contributed by atoms with van der Waals surface area (Å²) in [5, 5.41) is 12.2. The SMILES string of the molecule is C[C@H]1CCCN1c1cc2ccccc2nc1-c1ccc2[nH]nnc2c1. The van der Waals surface area contributed by atoms with Crippen LogP contribution >= 0.6 is 0 Å². The number of H-pyrrole nitrogens is 1. The molecule has 1 aliphatic heterocycles. The summed E-state index contributed by atoms with van der Waals surface area (Å²) in [5.41, 5.74) is 6.16. The van der Waals surface area contributed by atoms with Crippen molar-refractivity contribution in [3.63, 3.8) is 0 Å². The van der Waals surface area contributed by atoms with Crippen LogP contribution in [-0.2, 0) is 0 Å². The van der Waals surface area contributed by atoms with E-state index in [1.807, 2.05) is 12.1 Å². The average molecular weight is 329 g/mol. The van der Waals surface area contributed by atoms with E-state index in [1.54, 1.807) is 0 Å². The molecule has 124 valence electrons. The lowest BCUT2D eigenvalue weighted by atomic mass is 10.0. The van der Waals surface area contributed by atoms with Gasteiger partial charge in [-0.25, -0.2) is 4.98 Å². The smallest absolute Gasteiger partial charge is 0.113 e. The Hall–Kier alpha value is -2.95. The Kier molecular flexibility index (Phi) is 3.20. The molecule has 0 radical (unpaired) electrons. The summed E-state index contributed by atoms with van der Waals surface area (Å²) in [6.45, 7) is 3.38. The molecule has 0 spiro atoms. The molecule has 0 saturated carbocycles. The summed E-state index contributed by atoms with van der Waals surface area (Å²) in [4.78, 5) is 7.50. The van der Waals surface area contributed by atoms with Crippen LogP contribution in [0.1, 0.15) is 19.8 Å². The van der Waals surface area contributed by atoms with E-state index >= 15 is 0 Å². The van der Waals surface area contributed by atoms with Crippen molar-refractivity contribution in [3.05, 3.63) is 48.5 Å². The fourth-order valence-electron chi connectivity index (χ4n) is 3.82. The van der Waals surface area contributed by atoms with Gasteiger partial charge in [-0.05, 0) is 44.0 Å². The van der Waals surface area contributed by atoms with E-state index in [9.17, 15) is 0 Å². The molecule has 25 heavy (non-hydrogen) atoms. The van der Waals surface area contributed by atoms with Crippen LogP contribution in [0.2, 0.25) is 0 Å². The molecule has 2 aromatic carbocycles. The van der Waals surface area contributed by atoms with Crippen LogP contribution in [0, 0.1) is 0 Å². The zero-order valence-electron chi connectivity index (χ0n) is 14.1. The molecule has 5 rings (SSSR count). The number of nitrogens with one attached hydrogen (secondary N) is 1. The molecule has 1 atom stereocenters. The number of hydrogen-bond acceptors (Lipinski definition) is 4. The topological polar surface area (TPSA) is 57.7 Å². The fourth-order valence-corrected chi connectivity index (χ4v) is 3.82. The number of benzene rings is 2. The van der Waals surface area contributed by atoms with Crippen LogP contribution in [0.25, 0.3) is 33.2 Å². The molecule has 3 heterocycles. The number of aromatic amines is 1. The average Bonchev–Trinajstić information content (AvgIpc) is 3.28. The van der Waals surface area contributed by atoms with Crippen LogP contribution in [-0.4, -0.2) is 33.0 Å². The predicted octanol–water partition coefficient (Wildman–Crippen LogP) is 4.16. The highest BCUT2D eigenvalue weighted by atomic mass is 15.3. The van der Waals surface area contributed by atoms with Crippen LogP contribution in [0.5, 0.6) is 0 Å². The molecule has 4 aromatic rings. The van der Waals surface area contributed by atoms with Gasteiger partial charge in [0.1, 0.15) is 5.52 Å². The highest BCUT2D eigenvalue weighted by Crippen LogP contribution is 2.36. The van der Waals surface area contributed by atoms with Crippen molar-refractivity contribution in [2.45, 2.75) is 25.8 Å². The van der Waals surface area contributed by atoms with Crippen LogP contribution in [0.3, 0.4) is 0 Å². The monoisotopic (exact) mass is 329 g/mol. The van der Waals surface area contributed by atoms with Crippen molar-refractivity contribution in [1.82, 2.24) is 20.4 Å². The second-order valence-corrected chi connectivity index (χ2v) is 6.78. The standard InChI is InChI=1S/C20H19N5/c1-13-5-4-10-25(13)19-12-14-6-2-3-7-16(14)21-20(19)15-8-9-17-18(11-15)23-24-22-17/h2-3,6-9,11-13H,4-5,10H2,1H3,(H,22,23,24)/t13-/m0/s1. The molecule has 1 N–H and O–H groups in total. The van der Waals surface area contributed by atoms with Gasteiger partial charge < -0.3 is 4.90 Å². The van der Waals surface area contributed by atoms with Crippen molar-refractivity contribution in [1.29, 1.82) is 0 Å². The summed E-state index contributed by atoms with van der Waals surface area (Å²) in [5.74, 6) is 0. The van der Waals surface area contributed by atoms with E-state index in [4.69, 9.17) is 4.98 Å². The van der Waals surface area contributed by atoms with Gasteiger partial charge in [-0.15, -0.1) is 5.10 Å². The van der Waals surface area contributed by atoms with Gasteiger partial charge >= 0.3 is 0 Å². The highest BCUT2D eigenvalue weighted by Gasteiger charge is 2.24. The molecule has 0 unspecified atom stereocenters. The number of para-hydroxylation sites is 1. The lowest BCUT2D eigenvalue weighted by molar-refractivity contribution is 0.735. The lowest BCUT2D eigenvalue weighted by Crippen LogP contribution is -2.27. The number of anilines is 1. The minimum atomic E-state index is 0.539. The van der Waals surface area contributed by atoms with Gasteiger partial charge in [0.25, 0.3) is 0 Å². The van der Waals surface area contributed by atoms with Crippen LogP contribution in [0.15, 0.2) is 48.5 Å². The maximum absolute atomic E-state index is 5.02. The summed E-state index contributed by atoms with van der Waals surface area (Å²) in [6.07, 6.45) is 2.46. The third-order valence-corrected chi connectivity index (χ3v) is 5.17. The van der Waals surface area contributed by atoms with E-state index in [0.29, 0.717) is 6.04 Å². The van der Waals surface area contributed by atoms with E-state index in [2.05, 4.69) is 63.6 Å². The molecule has 0 aliphatic carbocycles. The Balaban J connectivity index is 1.76. The second kappa shape index (κ2) is 5.55. The maximum atomic E-state index is 5.02. The molecule has 2 aromatic heterocycles. The first kappa shape index (κ1) is 14.4. The maximum Gasteiger partial charge on any atom is 0.113 e. The van der Waals surface area contributed by atoms with Gasteiger partial charge in [0.05, 0.1) is 22.4 Å². The van der Waals surface area contributed by atoms with E-state index in [1.165, 1.54) is 23.9 Å². The zero-order valence-corrected chi connectivity index (χ0v) is 14.1. The Morgan fingerprint density at radius 3 is 2.88 bits per heavy atom. The minimum Gasteiger partial charge on any atom is -0.367 e. The van der Waals surface area contributed by atoms with Gasteiger partial charge in [-0.2, -0.15) is 0 Å². The molecule has 0 bridgehead atoms. The highest BCUT2D eigenvalue weighted by molar-refractivity contribution is 5.91. The first-order valence-corrected chi connectivity index (χ1v) is 8.77. The number of aromatic nitrogens is 4. The van der Waals surface area contributed by atoms with Crippen molar-refractivity contribution >= 4 is 27.6 Å². The third-order valence-electron chi connectivity index (χ3n) is 5.17. The van der Waals surface area contributed by atoms with Gasteiger partial charge in [0.2, 0.25) is 0 Å². The molecule has 5 nitrogen and oxygen atoms in total. The van der Waals surface area contributed by atoms with Gasteiger partial charge in [0.15, 0.2) is 0 Å². The largest absolute Gasteiger partial charge is 0.367 e. The van der Waals surface area contributed by atoms with E-state index in [0.717, 1.165) is 34.4 Å². The number of rotatable bonds is 2. The summed E-state index contributed by atoms with van der Waals surface area (Å²) >= 11 is 0. The normalized spacial score (nSPS) is 17.6. The Bertz CT molecular complexity index is 1070. The van der Waals surface area contributed by atoms with Gasteiger partial charge in [0, 0.05) is 23.5 Å². The van der Waals surface area contributed by atoms with E-state index in [-0.39, 0.29) is 0 Å². The van der Waals surface area contributed by atoms with Crippen molar-refractivity contribution in [3.8, 4) is 11.3 Å². The Morgan fingerprint density at radius 1 is 1.08 bits per heavy atom. The number of pyridine rings is 1. The second-order valence-electron chi connectivity index (χ2n) is 6.78. The first-order valence-electron chi connectivity index (χ1n) is 8.77. The molecule has 1 fully saturated rings. The van der Waals surface area contributed by atoms with Crippen LogP contribution in [0.4, 0.5) is 5.69 Å². The molecule has 0 amide bonds. The quantitative estimate of drug-likeness (QED) is 0.600. The summed E-state index contributed by atoms with van der Waals surface area (Å²) in [6, 6.07) is 17.3. The number of fused-ring (bicyclic) bond motifs is 2. The molecular weight excluding hydrogens is 310 g/mol. The van der Waals surface area contributed by atoms with Gasteiger partial charge in [-0.3, -0.25) is 5.10 Å². The van der Waals surface area contributed by atoms with E-state index < -0.39 is 0 Å². The van der Waals surface area contributed by atoms with Crippen molar-refractivity contribution in [2.75, 3.05) is 11.4 Å². The summed E-state index contributed by atoms with van der Waals surface area (Å²) < 4.78 is 0. The fraction of sp³-hybridized carbons (Fsp3) is 0.250. The molecule has 1 aliphatic rings. The van der Waals surface area contributed by atoms with Crippen LogP contribution < -0.4 is 4.90 Å².